The van der Waals surface area contributed by atoms with E-state index in [9.17, 15) is 9.59 Å². The molecule has 0 spiro atoms. The fourth-order valence-corrected chi connectivity index (χ4v) is 1.54. The summed E-state index contributed by atoms with van der Waals surface area (Å²) in [5, 5.41) is 11.8. The molecule has 0 radical (unpaired) electrons. The van der Waals surface area contributed by atoms with E-state index in [1.807, 2.05) is 6.92 Å². The predicted octanol–water partition coefficient (Wildman–Crippen LogP) is 0.694. The van der Waals surface area contributed by atoms with Crippen LogP contribution in [0.4, 0.5) is 0 Å². The summed E-state index contributed by atoms with van der Waals surface area (Å²) < 4.78 is 0. The van der Waals surface area contributed by atoms with Crippen LogP contribution in [-0.2, 0) is 11.3 Å². The number of nitrogens with one attached hydrogen (secondary N) is 2. The molecule has 1 rings (SSSR count). The SMILES string of the molecule is C=C(C)CC(C)C(=O)NCc1nc(O)cc(=O)[nH]1. The van der Waals surface area contributed by atoms with Crippen LogP contribution in [0.1, 0.15) is 26.1 Å². The molecule has 3 N–H and O–H groups in total. The summed E-state index contributed by atoms with van der Waals surface area (Å²) in [5.41, 5.74) is 0.475. The number of aromatic nitrogens is 2. The Bertz CT molecular complexity index is 508. The predicted molar refractivity (Wildman–Crippen MR) is 67.0 cm³/mol. The second kappa shape index (κ2) is 6.00. The van der Waals surface area contributed by atoms with Crippen molar-refractivity contribution in [3.63, 3.8) is 0 Å². The first-order valence-electron chi connectivity index (χ1n) is 5.59. The molecule has 0 aliphatic heterocycles. The Kier molecular flexibility index (Phi) is 4.65. The molecule has 0 aliphatic rings. The second-order valence-corrected chi connectivity index (χ2v) is 4.33. The van der Waals surface area contributed by atoms with Gasteiger partial charge < -0.3 is 15.4 Å². The molecule has 1 amide bonds. The molecule has 6 heteroatoms. The van der Waals surface area contributed by atoms with E-state index in [0.29, 0.717) is 6.42 Å². The number of nitrogens with zero attached hydrogens (tertiary/aromatic N) is 1. The van der Waals surface area contributed by atoms with Gasteiger partial charge in [-0.3, -0.25) is 9.59 Å². The molecule has 6 nitrogen and oxygen atoms in total. The first-order valence-corrected chi connectivity index (χ1v) is 5.59. The van der Waals surface area contributed by atoms with Crippen molar-refractivity contribution in [3.8, 4) is 5.88 Å². The van der Waals surface area contributed by atoms with E-state index in [0.717, 1.165) is 11.6 Å². The lowest BCUT2D eigenvalue weighted by molar-refractivity contribution is -0.124. The average molecular weight is 251 g/mol. The van der Waals surface area contributed by atoms with Gasteiger partial charge in [0.1, 0.15) is 5.82 Å². The smallest absolute Gasteiger partial charge is 0.254 e. The Morgan fingerprint density at radius 3 is 2.89 bits per heavy atom. The van der Waals surface area contributed by atoms with Gasteiger partial charge in [-0.1, -0.05) is 12.5 Å². The van der Waals surface area contributed by atoms with Gasteiger partial charge in [0.25, 0.3) is 5.56 Å². The molecular weight excluding hydrogens is 234 g/mol. The summed E-state index contributed by atoms with van der Waals surface area (Å²) in [4.78, 5) is 28.9. The van der Waals surface area contributed by atoms with Crippen LogP contribution in [0.25, 0.3) is 0 Å². The molecule has 0 saturated carbocycles. The maximum Gasteiger partial charge on any atom is 0.254 e. The van der Waals surface area contributed by atoms with Crippen LogP contribution >= 0.6 is 0 Å². The lowest BCUT2D eigenvalue weighted by Gasteiger charge is -2.11. The maximum atomic E-state index is 11.7. The number of hydrogen-bond acceptors (Lipinski definition) is 4. The van der Waals surface area contributed by atoms with Crippen LogP contribution in [0.2, 0.25) is 0 Å². The fourth-order valence-electron chi connectivity index (χ4n) is 1.54. The second-order valence-electron chi connectivity index (χ2n) is 4.33. The highest BCUT2D eigenvalue weighted by molar-refractivity contribution is 5.78. The van der Waals surface area contributed by atoms with Gasteiger partial charge in [-0.25, -0.2) is 0 Å². The zero-order chi connectivity index (χ0) is 13.7. The minimum atomic E-state index is -0.457. The van der Waals surface area contributed by atoms with Gasteiger partial charge in [0, 0.05) is 5.92 Å². The van der Waals surface area contributed by atoms with Crippen molar-refractivity contribution in [2.24, 2.45) is 5.92 Å². The third-order valence-electron chi connectivity index (χ3n) is 2.31. The summed E-state index contributed by atoms with van der Waals surface area (Å²) >= 11 is 0. The number of aromatic hydroxyl groups is 1. The van der Waals surface area contributed by atoms with Crippen molar-refractivity contribution in [2.45, 2.75) is 26.8 Å². The number of carbonyl (C=O) groups excluding carboxylic acids is 1. The molecule has 1 aromatic heterocycles. The Morgan fingerprint density at radius 1 is 1.67 bits per heavy atom. The number of H-pyrrole nitrogens is 1. The number of amides is 1. The summed E-state index contributed by atoms with van der Waals surface area (Å²) in [7, 11) is 0. The Morgan fingerprint density at radius 2 is 2.33 bits per heavy atom. The molecule has 18 heavy (non-hydrogen) atoms. The van der Waals surface area contributed by atoms with Crippen molar-refractivity contribution in [1.82, 2.24) is 15.3 Å². The lowest BCUT2D eigenvalue weighted by atomic mass is 10.0. The Hall–Kier alpha value is -2.11. The van der Waals surface area contributed by atoms with Crippen LogP contribution in [0.15, 0.2) is 23.0 Å². The first kappa shape index (κ1) is 14.0. The summed E-state index contributed by atoms with van der Waals surface area (Å²) in [6, 6.07) is 0.967. The van der Waals surface area contributed by atoms with Gasteiger partial charge in [0.15, 0.2) is 0 Å². The first-order chi connectivity index (χ1) is 8.38. The van der Waals surface area contributed by atoms with Crippen LogP contribution < -0.4 is 10.9 Å². The molecule has 1 heterocycles. The van der Waals surface area contributed by atoms with Gasteiger partial charge in [0.2, 0.25) is 11.8 Å². The molecular formula is C12H17N3O3. The third-order valence-corrected chi connectivity index (χ3v) is 2.31. The third kappa shape index (κ3) is 4.40. The minimum Gasteiger partial charge on any atom is -0.493 e. The summed E-state index contributed by atoms with van der Waals surface area (Å²) in [6.07, 6.45) is 0.607. The van der Waals surface area contributed by atoms with Crippen molar-refractivity contribution in [3.05, 3.63) is 34.4 Å². The number of hydrogen-bond donors (Lipinski definition) is 3. The summed E-state index contributed by atoms with van der Waals surface area (Å²) in [6.45, 7) is 7.47. The highest BCUT2D eigenvalue weighted by atomic mass is 16.3. The average Bonchev–Trinajstić information content (AvgIpc) is 2.23. The molecule has 1 aromatic rings. The van der Waals surface area contributed by atoms with Crippen molar-refractivity contribution < 1.29 is 9.90 Å². The number of allylic oxidation sites excluding steroid dienone is 1. The van der Waals surface area contributed by atoms with Crippen molar-refractivity contribution in [2.75, 3.05) is 0 Å². The molecule has 1 unspecified atom stereocenters. The Balaban J connectivity index is 2.57. The molecule has 0 fully saturated rings. The van der Waals surface area contributed by atoms with Gasteiger partial charge in [-0.15, -0.1) is 6.58 Å². The molecule has 0 bridgehead atoms. The van der Waals surface area contributed by atoms with Crippen LogP contribution in [-0.4, -0.2) is 21.0 Å². The topological polar surface area (TPSA) is 95.1 Å². The minimum absolute atomic E-state index is 0.0724. The molecule has 98 valence electrons. The standard InChI is InChI=1S/C12H17N3O3/c1-7(2)4-8(3)12(18)13-6-9-14-10(16)5-11(17)15-9/h5,8H,1,4,6H2,2-3H3,(H,13,18)(H2,14,15,16,17). The van der Waals surface area contributed by atoms with E-state index in [2.05, 4.69) is 21.9 Å². The lowest BCUT2D eigenvalue weighted by Crippen LogP contribution is -2.30. The van der Waals surface area contributed by atoms with Gasteiger partial charge in [-0.2, -0.15) is 4.98 Å². The normalized spacial score (nSPS) is 11.9. The monoisotopic (exact) mass is 251 g/mol. The van der Waals surface area contributed by atoms with E-state index in [4.69, 9.17) is 5.11 Å². The van der Waals surface area contributed by atoms with Crippen LogP contribution in [0.3, 0.4) is 0 Å². The van der Waals surface area contributed by atoms with E-state index in [1.165, 1.54) is 0 Å². The molecule has 1 atom stereocenters. The summed E-state index contributed by atoms with van der Waals surface area (Å²) in [5.74, 6) is -0.482. The van der Waals surface area contributed by atoms with E-state index in [1.54, 1.807) is 6.92 Å². The highest BCUT2D eigenvalue weighted by Crippen LogP contribution is 2.08. The van der Waals surface area contributed by atoms with Gasteiger partial charge in [-0.05, 0) is 13.3 Å². The van der Waals surface area contributed by atoms with E-state index < -0.39 is 5.56 Å². The molecule has 0 saturated heterocycles. The van der Waals surface area contributed by atoms with Gasteiger partial charge in [0.05, 0.1) is 12.6 Å². The number of rotatable bonds is 5. The zero-order valence-electron chi connectivity index (χ0n) is 10.5. The molecule has 0 aromatic carbocycles. The zero-order valence-corrected chi connectivity index (χ0v) is 10.5. The Labute approximate surface area is 105 Å². The number of carbonyl (C=O) groups is 1. The van der Waals surface area contributed by atoms with Crippen LogP contribution in [0.5, 0.6) is 5.88 Å². The van der Waals surface area contributed by atoms with Crippen molar-refractivity contribution in [1.29, 1.82) is 0 Å². The fraction of sp³-hybridized carbons (Fsp3) is 0.417. The van der Waals surface area contributed by atoms with Crippen LogP contribution in [0, 0.1) is 5.92 Å². The largest absolute Gasteiger partial charge is 0.493 e. The van der Waals surface area contributed by atoms with E-state index >= 15 is 0 Å². The maximum absolute atomic E-state index is 11.7. The number of aromatic amines is 1. The molecule has 0 aliphatic carbocycles. The van der Waals surface area contributed by atoms with Gasteiger partial charge >= 0.3 is 0 Å². The highest BCUT2D eigenvalue weighted by Gasteiger charge is 2.12. The quantitative estimate of drug-likeness (QED) is 0.671. The van der Waals surface area contributed by atoms with E-state index in [-0.39, 0.29) is 30.1 Å². The van der Waals surface area contributed by atoms with Crippen molar-refractivity contribution >= 4 is 5.91 Å².